The van der Waals surface area contributed by atoms with E-state index >= 15 is 0 Å². The summed E-state index contributed by atoms with van der Waals surface area (Å²) in [5, 5.41) is 1.00. The average Bonchev–Trinajstić information content (AvgIpc) is 2.87. The van der Waals surface area contributed by atoms with Crippen LogP contribution in [0, 0.1) is 0 Å². The number of hydrogen-bond acceptors (Lipinski definition) is 4. The van der Waals surface area contributed by atoms with Crippen molar-refractivity contribution in [2.75, 3.05) is 18.9 Å². The van der Waals surface area contributed by atoms with E-state index in [4.69, 9.17) is 9.47 Å². The van der Waals surface area contributed by atoms with Crippen LogP contribution in [0.3, 0.4) is 0 Å². The summed E-state index contributed by atoms with van der Waals surface area (Å²) in [7, 11) is -0.691. The lowest BCUT2D eigenvalue weighted by molar-refractivity contribution is 0.395. The molecule has 1 heterocycles. The van der Waals surface area contributed by atoms with Crippen LogP contribution in [-0.2, 0) is 22.9 Å². The quantitative estimate of drug-likeness (QED) is 0.627. The first-order valence-electron chi connectivity index (χ1n) is 9.39. The lowest BCUT2D eigenvalue weighted by Gasteiger charge is -2.12. The zero-order chi connectivity index (χ0) is 19.7. The molecule has 0 bridgehead atoms. The number of aromatic amines is 1. The van der Waals surface area contributed by atoms with Crippen LogP contribution in [0.2, 0.25) is 0 Å². The second-order valence-corrected chi connectivity index (χ2v) is 8.74. The van der Waals surface area contributed by atoms with Gasteiger partial charge in [-0.2, -0.15) is 0 Å². The van der Waals surface area contributed by atoms with Crippen LogP contribution >= 0.6 is 0 Å². The second kappa shape index (κ2) is 7.39. The van der Waals surface area contributed by atoms with Crippen molar-refractivity contribution in [2.24, 2.45) is 0 Å². The number of hydrogen-bond donors (Lipinski definition) is 2. The number of rotatable bonds is 5. The molecule has 3 aromatic rings. The van der Waals surface area contributed by atoms with E-state index in [-0.39, 0.29) is 4.90 Å². The minimum Gasteiger partial charge on any atom is -0.497 e. The molecule has 0 amide bonds. The largest absolute Gasteiger partial charge is 0.497 e. The molecule has 0 atom stereocenters. The van der Waals surface area contributed by atoms with E-state index in [0.29, 0.717) is 17.2 Å². The zero-order valence-corrected chi connectivity index (χ0v) is 16.9. The normalized spacial score (nSPS) is 14.4. The number of anilines is 1. The number of fused-ring (bicyclic) bond motifs is 3. The third kappa shape index (κ3) is 3.54. The summed E-state index contributed by atoms with van der Waals surface area (Å²) in [4.78, 5) is 3.71. The van der Waals surface area contributed by atoms with Crippen molar-refractivity contribution in [3.8, 4) is 11.5 Å². The molecule has 2 N–H and O–H groups in total. The first kappa shape index (κ1) is 18.7. The summed E-state index contributed by atoms with van der Waals surface area (Å²) in [6.45, 7) is 0. The Morgan fingerprint density at radius 1 is 0.929 bits per heavy atom. The van der Waals surface area contributed by atoms with Crippen LogP contribution in [-0.4, -0.2) is 27.6 Å². The van der Waals surface area contributed by atoms with E-state index in [1.165, 1.54) is 38.3 Å². The van der Waals surface area contributed by atoms with Gasteiger partial charge in [0.05, 0.1) is 24.8 Å². The van der Waals surface area contributed by atoms with Crippen LogP contribution in [0.1, 0.15) is 30.5 Å². The highest BCUT2D eigenvalue weighted by atomic mass is 32.2. The summed E-state index contributed by atoms with van der Waals surface area (Å²) >= 11 is 0. The maximum Gasteiger partial charge on any atom is 0.261 e. The molecule has 1 aliphatic carbocycles. The van der Waals surface area contributed by atoms with E-state index in [9.17, 15) is 8.42 Å². The van der Waals surface area contributed by atoms with Gasteiger partial charge in [0.25, 0.3) is 10.0 Å². The van der Waals surface area contributed by atoms with Gasteiger partial charge in [-0.3, -0.25) is 4.72 Å². The average molecular weight is 401 g/mol. The molecule has 1 aromatic heterocycles. The standard InChI is InChI=1S/C21H24N2O4S/c1-26-15-10-14(11-16(12-15)27-2)23-28(24,25)17-8-9-21-19(13-17)18-6-4-3-5-7-20(18)22-21/h8-13,22-23H,3-7H2,1-2H3. The van der Waals surface area contributed by atoms with Crippen LogP contribution in [0.15, 0.2) is 41.3 Å². The van der Waals surface area contributed by atoms with Crippen LogP contribution < -0.4 is 14.2 Å². The van der Waals surface area contributed by atoms with Gasteiger partial charge in [0.15, 0.2) is 0 Å². The molecule has 6 nitrogen and oxygen atoms in total. The second-order valence-electron chi connectivity index (χ2n) is 7.06. The molecule has 0 spiro atoms. The van der Waals surface area contributed by atoms with E-state index in [1.54, 1.807) is 30.3 Å². The Hall–Kier alpha value is -2.67. The van der Waals surface area contributed by atoms with Gasteiger partial charge in [0, 0.05) is 34.8 Å². The molecule has 7 heteroatoms. The monoisotopic (exact) mass is 400 g/mol. The summed E-state index contributed by atoms with van der Waals surface area (Å²) < 4.78 is 39.1. The number of methoxy groups -OCH3 is 2. The third-order valence-corrected chi connectivity index (χ3v) is 6.61. The Bertz CT molecular complexity index is 1100. The Morgan fingerprint density at radius 2 is 1.64 bits per heavy atom. The lowest BCUT2D eigenvalue weighted by atomic mass is 10.1. The van der Waals surface area contributed by atoms with Gasteiger partial charge in [0.2, 0.25) is 0 Å². The fraction of sp³-hybridized carbons (Fsp3) is 0.333. The van der Waals surface area contributed by atoms with Gasteiger partial charge in [-0.1, -0.05) is 6.42 Å². The number of aryl methyl sites for hydroxylation is 2. The number of aromatic nitrogens is 1. The highest BCUT2D eigenvalue weighted by Gasteiger charge is 2.19. The fourth-order valence-electron chi connectivity index (χ4n) is 3.81. The van der Waals surface area contributed by atoms with Gasteiger partial charge in [-0.05, 0) is 49.4 Å². The van der Waals surface area contributed by atoms with Gasteiger partial charge < -0.3 is 14.5 Å². The van der Waals surface area contributed by atoms with Crippen molar-refractivity contribution in [1.82, 2.24) is 4.98 Å². The van der Waals surface area contributed by atoms with E-state index in [2.05, 4.69) is 9.71 Å². The van der Waals surface area contributed by atoms with Crippen molar-refractivity contribution in [2.45, 2.75) is 37.0 Å². The van der Waals surface area contributed by atoms with Crippen LogP contribution in [0.5, 0.6) is 11.5 Å². The molecule has 28 heavy (non-hydrogen) atoms. The predicted octanol–water partition coefficient (Wildman–Crippen LogP) is 4.25. The Morgan fingerprint density at radius 3 is 2.36 bits per heavy atom. The molecule has 148 valence electrons. The number of benzene rings is 2. The molecule has 1 aliphatic rings. The SMILES string of the molecule is COc1cc(NS(=O)(=O)c2ccc3[nH]c4c(c3c2)CCCCC4)cc(OC)c1. The van der Waals surface area contributed by atoms with Crippen molar-refractivity contribution >= 4 is 26.6 Å². The molecule has 0 saturated carbocycles. The Balaban J connectivity index is 1.71. The third-order valence-electron chi connectivity index (χ3n) is 5.23. The summed E-state index contributed by atoms with van der Waals surface area (Å²) in [5.74, 6) is 1.03. The lowest BCUT2D eigenvalue weighted by Crippen LogP contribution is -2.13. The topological polar surface area (TPSA) is 80.4 Å². The Labute approximate surface area is 164 Å². The molecular weight excluding hydrogens is 376 g/mol. The van der Waals surface area contributed by atoms with Crippen molar-refractivity contribution in [3.05, 3.63) is 47.7 Å². The molecule has 0 saturated heterocycles. The van der Waals surface area contributed by atoms with Gasteiger partial charge in [0.1, 0.15) is 11.5 Å². The van der Waals surface area contributed by atoms with Gasteiger partial charge >= 0.3 is 0 Å². The molecule has 4 rings (SSSR count). The highest BCUT2D eigenvalue weighted by molar-refractivity contribution is 7.92. The molecule has 0 radical (unpaired) electrons. The summed E-state index contributed by atoms with van der Waals surface area (Å²) in [5.41, 5.74) is 3.89. The van der Waals surface area contributed by atoms with Crippen molar-refractivity contribution in [3.63, 3.8) is 0 Å². The molecule has 0 unspecified atom stereocenters. The minimum absolute atomic E-state index is 0.243. The number of H-pyrrole nitrogens is 1. The van der Waals surface area contributed by atoms with Crippen LogP contribution in [0.25, 0.3) is 10.9 Å². The minimum atomic E-state index is -3.74. The molecule has 0 fully saturated rings. The van der Waals surface area contributed by atoms with E-state index in [1.807, 2.05) is 6.07 Å². The number of nitrogens with one attached hydrogen (secondary N) is 2. The molecule has 2 aromatic carbocycles. The van der Waals surface area contributed by atoms with Crippen molar-refractivity contribution in [1.29, 1.82) is 0 Å². The van der Waals surface area contributed by atoms with Crippen molar-refractivity contribution < 1.29 is 17.9 Å². The predicted molar refractivity (Wildman–Crippen MR) is 110 cm³/mol. The zero-order valence-electron chi connectivity index (χ0n) is 16.0. The number of sulfonamides is 1. The Kier molecular flexibility index (Phi) is 4.93. The van der Waals surface area contributed by atoms with Gasteiger partial charge in [-0.25, -0.2) is 8.42 Å². The maximum absolute atomic E-state index is 13.0. The molecular formula is C21H24N2O4S. The smallest absolute Gasteiger partial charge is 0.261 e. The maximum atomic E-state index is 13.0. The molecule has 0 aliphatic heterocycles. The fourth-order valence-corrected chi connectivity index (χ4v) is 4.88. The first-order valence-corrected chi connectivity index (χ1v) is 10.9. The van der Waals surface area contributed by atoms with Crippen LogP contribution in [0.4, 0.5) is 5.69 Å². The first-order chi connectivity index (χ1) is 13.5. The van der Waals surface area contributed by atoms with Gasteiger partial charge in [-0.15, -0.1) is 0 Å². The van der Waals surface area contributed by atoms with E-state index in [0.717, 1.165) is 30.2 Å². The summed E-state index contributed by atoms with van der Waals surface area (Å²) in [6, 6.07) is 10.2. The highest BCUT2D eigenvalue weighted by Crippen LogP contribution is 2.31. The number of ether oxygens (including phenoxy) is 2. The van der Waals surface area contributed by atoms with E-state index < -0.39 is 10.0 Å². The summed E-state index contributed by atoms with van der Waals surface area (Å²) in [6.07, 6.45) is 5.53.